The number of hydrogen-bond acceptors (Lipinski definition) is 8. The van der Waals surface area contributed by atoms with E-state index in [4.69, 9.17) is 14.2 Å². The van der Waals surface area contributed by atoms with Gasteiger partial charge in [-0.2, -0.15) is 0 Å². The SMILES string of the molecule is COC(=O)[C@]1(O)C[C@H](OC(=O)c2ccccc2)[C@@H](NC(=O)OCc2ccccc2)CO1. The highest BCUT2D eigenvalue weighted by Gasteiger charge is 2.49. The number of esters is 2. The maximum atomic E-state index is 12.5. The van der Waals surface area contributed by atoms with Crippen LogP contribution >= 0.6 is 0 Å². The Bertz CT molecular complexity index is 904. The maximum Gasteiger partial charge on any atom is 0.407 e. The Morgan fingerprint density at radius 2 is 1.74 bits per heavy atom. The largest absolute Gasteiger partial charge is 0.465 e. The number of carbonyl (C=O) groups excluding carboxylic acids is 3. The maximum absolute atomic E-state index is 12.5. The third-order valence-electron chi connectivity index (χ3n) is 4.72. The third kappa shape index (κ3) is 5.80. The van der Waals surface area contributed by atoms with Crippen molar-refractivity contribution in [2.75, 3.05) is 13.7 Å². The average molecular weight is 429 g/mol. The summed E-state index contributed by atoms with van der Waals surface area (Å²) in [4.78, 5) is 36.7. The molecule has 1 amide bonds. The van der Waals surface area contributed by atoms with Gasteiger partial charge >= 0.3 is 18.0 Å². The average Bonchev–Trinajstić information content (AvgIpc) is 2.80. The van der Waals surface area contributed by atoms with Crippen LogP contribution in [0.5, 0.6) is 0 Å². The van der Waals surface area contributed by atoms with Gasteiger partial charge in [0.1, 0.15) is 12.7 Å². The lowest BCUT2D eigenvalue weighted by Gasteiger charge is -2.38. The van der Waals surface area contributed by atoms with Gasteiger partial charge in [0.25, 0.3) is 5.79 Å². The molecule has 2 aromatic carbocycles. The fourth-order valence-electron chi connectivity index (χ4n) is 3.06. The van der Waals surface area contributed by atoms with Gasteiger partial charge < -0.3 is 29.4 Å². The molecule has 0 saturated carbocycles. The van der Waals surface area contributed by atoms with Gasteiger partial charge in [-0.05, 0) is 17.7 Å². The van der Waals surface area contributed by atoms with E-state index in [9.17, 15) is 19.5 Å². The lowest BCUT2D eigenvalue weighted by molar-refractivity contribution is -0.255. The molecule has 2 aromatic rings. The van der Waals surface area contributed by atoms with Crippen molar-refractivity contribution in [1.29, 1.82) is 0 Å². The quantitative estimate of drug-likeness (QED) is 0.527. The first-order valence-electron chi connectivity index (χ1n) is 9.59. The molecule has 3 rings (SSSR count). The van der Waals surface area contributed by atoms with Crippen LogP contribution in [-0.4, -0.2) is 54.8 Å². The van der Waals surface area contributed by atoms with Crippen LogP contribution in [0.15, 0.2) is 60.7 Å². The van der Waals surface area contributed by atoms with E-state index in [1.54, 1.807) is 42.5 Å². The normalized spacial score (nSPS) is 22.8. The van der Waals surface area contributed by atoms with Crippen LogP contribution in [0.4, 0.5) is 4.79 Å². The summed E-state index contributed by atoms with van der Waals surface area (Å²) < 4.78 is 20.5. The molecular formula is C22H23NO8. The first kappa shape index (κ1) is 22.3. The minimum Gasteiger partial charge on any atom is -0.465 e. The topological polar surface area (TPSA) is 120 Å². The van der Waals surface area contributed by atoms with Crippen LogP contribution in [0.2, 0.25) is 0 Å². The first-order valence-corrected chi connectivity index (χ1v) is 9.59. The highest BCUT2D eigenvalue weighted by molar-refractivity contribution is 5.89. The monoisotopic (exact) mass is 429 g/mol. The van der Waals surface area contributed by atoms with E-state index in [1.165, 1.54) is 0 Å². The van der Waals surface area contributed by atoms with Gasteiger partial charge in [0.15, 0.2) is 0 Å². The fraction of sp³-hybridized carbons (Fsp3) is 0.318. The second-order valence-electron chi connectivity index (χ2n) is 6.91. The predicted octanol–water partition coefficient (Wildman–Crippen LogP) is 1.79. The molecule has 2 N–H and O–H groups in total. The number of nitrogens with one attached hydrogen (secondary N) is 1. The summed E-state index contributed by atoms with van der Waals surface area (Å²) in [6, 6.07) is 16.4. The molecule has 0 unspecified atom stereocenters. The number of carbonyl (C=O) groups is 3. The zero-order chi connectivity index (χ0) is 22.3. The van der Waals surface area contributed by atoms with Crippen LogP contribution in [0.1, 0.15) is 22.3 Å². The molecule has 31 heavy (non-hydrogen) atoms. The summed E-state index contributed by atoms with van der Waals surface area (Å²) in [5.74, 6) is -4.01. The molecular weight excluding hydrogens is 406 g/mol. The van der Waals surface area contributed by atoms with Gasteiger partial charge in [0.05, 0.1) is 31.7 Å². The molecule has 1 fully saturated rings. The van der Waals surface area contributed by atoms with Crippen LogP contribution in [0.3, 0.4) is 0 Å². The summed E-state index contributed by atoms with van der Waals surface area (Å²) in [5.41, 5.74) is 1.07. The molecule has 0 aliphatic carbocycles. The van der Waals surface area contributed by atoms with E-state index in [2.05, 4.69) is 10.1 Å². The van der Waals surface area contributed by atoms with Crippen molar-refractivity contribution < 1.29 is 38.4 Å². The van der Waals surface area contributed by atoms with E-state index in [-0.39, 0.29) is 18.8 Å². The molecule has 9 heteroatoms. The van der Waals surface area contributed by atoms with Gasteiger partial charge in [0.2, 0.25) is 0 Å². The summed E-state index contributed by atoms with van der Waals surface area (Å²) in [5, 5.41) is 13.0. The molecule has 0 bridgehead atoms. The zero-order valence-electron chi connectivity index (χ0n) is 16.9. The molecule has 164 valence electrons. The Hall–Kier alpha value is -3.43. The summed E-state index contributed by atoms with van der Waals surface area (Å²) in [6.07, 6.45) is -2.27. The first-order chi connectivity index (χ1) is 14.9. The molecule has 1 aliphatic rings. The summed E-state index contributed by atoms with van der Waals surface area (Å²) >= 11 is 0. The number of hydrogen-bond donors (Lipinski definition) is 2. The Morgan fingerprint density at radius 3 is 2.39 bits per heavy atom. The highest BCUT2D eigenvalue weighted by Crippen LogP contribution is 2.27. The Labute approximate surface area is 178 Å². The minimum atomic E-state index is -2.30. The molecule has 9 nitrogen and oxygen atoms in total. The van der Waals surface area contributed by atoms with Crippen molar-refractivity contribution in [1.82, 2.24) is 5.32 Å². The summed E-state index contributed by atoms with van der Waals surface area (Å²) in [7, 11) is 1.10. The van der Waals surface area contributed by atoms with Gasteiger partial charge in [-0.25, -0.2) is 14.4 Å². The van der Waals surface area contributed by atoms with Crippen LogP contribution < -0.4 is 5.32 Å². The number of benzene rings is 2. The van der Waals surface area contributed by atoms with E-state index in [0.29, 0.717) is 0 Å². The second-order valence-corrected chi connectivity index (χ2v) is 6.91. The Morgan fingerprint density at radius 1 is 1.10 bits per heavy atom. The number of alkyl carbamates (subject to hydrolysis) is 1. The number of methoxy groups -OCH3 is 1. The number of rotatable bonds is 6. The van der Waals surface area contributed by atoms with Crippen molar-refractivity contribution in [2.24, 2.45) is 0 Å². The number of amides is 1. The second kappa shape index (κ2) is 10.1. The zero-order valence-corrected chi connectivity index (χ0v) is 16.9. The Balaban J connectivity index is 1.68. The number of aliphatic hydroxyl groups is 1. The van der Waals surface area contributed by atoms with E-state index in [1.807, 2.05) is 18.2 Å². The van der Waals surface area contributed by atoms with Crippen molar-refractivity contribution in [3.63, 3.8) is 0 Å². The lowest BCUT2D eigenvalue weighted by Crippen LogP contribution is -2.60. The fourth-order valence-corrected chi connectivity index (χ4v) is 3.06. The number of ether oxygens (including phenoxy) is 4. The lowest BCUT2D eigenvalue weighted by atomic mass is 9.98. The van der Waals surface area contributed by atoms with Crippen LogP contribution in [-0.2, 0) is 30.3 Å². The molecule has 3 atom stereocenters. The van der Waals surface area contributed by atoms with Gasteiger partial charge in [-0.3, -0.25) is 0 Å². The molecule has 1 heterocycles. The van der Waals surface area contributed by atoms with E-state index >= 15 is 0 Å². The van der Waals surface area contributed by atoms with E-state index < -0.39 is 42.4 Å². The van der Waals surface area contributed by atoms with Crippen molar-refractivity contribution >= 4 is 18.0 Å². The van der Waals surface area contributed by atoms with Gasteiger partial charge in [-0.1, -0.05) is 48.5 Å². The van der Waals surface area contributed by atoms with Crippen molar-refractivity contribution in [3.8, 4) is 0 Å². The Kier molecular flexibility index (Phi) is 7.22. The van der Waals surface area contributed by atoms with Crippen molar-refractivity contribution in [3.05, 3.63) is 71.8 Å². The van der Waals surface area contributed by atoms with E-state index in [0.717, 1.165) is 12.7 Å². The predicted molar refractivity (Wildman–Crippen MR) is 107 cm³/mol. The molecule has 1 saturated heterocycles. The smallest absolute Gasteiger partial charge is 0.407 e. The summed E-state index contributed by atoms with van der Waals surface area (Å²) in [6.45, 7) is -0.264. The van der Waals surface area contributed by atoms with Crippen LogP contribution in [0, 0.1) is 0 Å². The molecule has 0 radical (unpaired) electrons. The van der Waals surface area contributed by atoms with Crippen LogP contribution in [0.25, 0.3) is 0 Å². The van der Waals surface area contributed by atoms with Gasteiger partial charge in [0, 0.05) is 0 Å². The molecule has 1 aliphatic heterocycles. The highest BCUT2D eigenvalue weighted by atomic mass is 16.7. The van der Waals surface area contributed by atoms with Crippen molar-refractivity contribution in [2.45, 2.75) is 31.0 Å². The standard InChI is InChI=1S/C22H23NO8/c1-28-20(25)22(27)12-18(31-19(24)16-10-6-3-7-11-16)17(14-30-22)23-21(26)29-13-15-8-4-2-5-9-15/h2-11,17-18,27H,12-14H2,1H3,(H,23,26)/t17-,18-,22-/m0/s1. The molecule has 0 spiro atoms. The third-order valence-corrected chi connectivity index (χ3v) is 4.72. The minimum absolute atomic E-state index is 0.0425. The molecule has 0 aromatic heterocycles. The van der Waals surface area contributed by atoms with Gasteiger partial charge in [-0.15, -0.1) is 0 Å².